The lowest BCUT2D eigenvalue weighted by atomic mass is 10.1. The van der Waals surface area contributed by atoms with E-state index in [4.69, 9.17) is 0 Å². The predicted octanol–water partition coefficient (Wildman–Crippen LogP) is 5.64. The molecule has 1 heterocycles. The molecular formula is C21H33N2O3S-. The van der Waals surface area contributed by atoms with Crippen LogP contribution in [-0.2, 0) is 16.7 Å². The van der Waals surface area contributed by atoms with Crippen LogP contribution in [0.15, 0.2) is 29.4 Å². The minimum Gasteiger partial charge on any atom is -0.742 e. The molecule has 0 aliphatic heterocycles. The van der Waals surface area contributed by atoms with Crippen molar-refractivity contribution >= 4 is 21.2 Å². The lowest BCUT2D eigenvalue weighted by Crippen LogP contribution is -2.10. The topological polar surface area (TPSA) is 75.0 Å². The van der Waals surface area contributed by atoms with Gasteiger partial charge in [-0.05, 0) is 18.6 Å². The van der Waals surface area contributed by atoms with Gasteiger partial charge in [-0.25, -0.2) is 13.4 Å². The number of hydrogen-bond acceptors (Lipinski definition) is 4. The van der Waals surface area contributed by atoms with Crippen molar-refractivity contribution in [2.24, 2.45) is 0 Å². The van der Waals surface area contributed by atoms with E-state index in [0.717, 1.165) is 24.8 Å². The van der Waals surface area contributed by atoms with Gasteiger partial charge in [0.25, 0.3) is 0 Å². The van der Waals surface area contributed by atoms with Gasteiger partial charge in [0.05, 0.1) is 11.0 Å². The zero-order valence-electron chi connectivity index (χ0n) is 16.5. The van der Waals surface area contributed by atoms with Crippen molar-refractivity contribution < 1.29 is 13.0 Å². The van der Waals surface area contributed by atoms with Crippen molar-refractivity contribution in [2.75, 3.05) is 0 Å². The van der Waals surface area contributed by atoms with Crippen molar-refractivity contribution in [1.82, 2.24) is 9.55 Å². The molecular weight excluding hydrogens is 360 g/mol. The number of para-hydroxylation sites is 2. The van der Waals surface area contributed by atoms with Crippen LogP contribution in [0.2, 0.25) is 0 Å². The second-order valence-corrected chi connectivity index (χ2v) is 8.65. The third kappa shape index (κ3) is 7.26. The molecule has 6 heteroatoms. The number of nitrogens with zero attached hydrogens (tertiary/aromatic N) is 2. The summed E-state index contributed by atoms with van der Waals surface area (Å²) in [5, 5.41) is -0.355. The number of aryl methyl sites for hydroxylation is 1. The zero-order valence-corrected chi connectivity index (χ0v) is 17.3. The molecule has 0 saturated carbocycles. The van der Waals surface area contributed by atoms with E-state index in [1.54, 1.807) is 16.7 Å². The minimum absolute atomic E-state index is 0.355. The average Bonchev–Trinajstić information content (AvgIpc) is 3.02. The van der Waals surface area contributed by atoms with E-state index < -0.39 is 10.1 Å². The Labute approximate surface area is 163 Å². The molecule has 5 nitrogen and oxygen atoms in total. The summed E-state index contributed by atoms with van der Waals surface area (Å²) in [4.78, 5) is 4.02. The molecule has 0 radical (unpaired) electrons. The van der Waals surface area contributed by atoms with Crippen molar-refractivity contribution in [3.8, 4) is 0 Å². The first-order chi connectivity index (χ1) is 13.0. The van der Waals surface area contributed by atoms with E-state index in [1.807, 2.05) is 12.1 Å². The summed E-state index contributed by atoms with van der Waals surface area (Å²) in [7, 11) is -4.56. The Balaban J connectivity index is 1.68. The van der Waals surface area contributed by atoms with Crippen LogP contribution < -0.4 is 0 Å². The fourth-order valence-corrected chi connectivity index (χ4v) is 4.24. The Morgan fingerprint density at radius 1 is 0.852 bits per heavy atom. The standard InChI is InChI=1S/C21H34N2O3S/c1-2-3-4-5-6-7-8-9-10-11-12-15-18-23-20-17-14-13-16-19(20)22-21(23)27(24,25)26/h13-14,16-17H,2-12,15,18H2,1H3,(H,24,25,26)/p-1. The molecule has 2 aromatic rings. The van der Waals surface area contributed by atoms with Gasteiger partial charge in [0, 0.05) is 6.54 Å². The minimum atomic E-state index is -4.56. The Morgan fingerprint density at radius 2 is 1.37 bits per heavy atom. The van der Waals surface area contributed by atoms with Crippen LogP contribution in [-0.4, -0.2) is 22.5 Å². The molecule has 0 bridgehead atoms. The molecule has 2 rings (SSSR count). The largest absolute Gasteiger partial charge is 0.742 e. The van der Waals surface area contributed by atoms with Gasteiger partial charge in [0.2, 0.25) is 5.16 Å². The molecule has 0 aliphatic rings. The fraction of sp³-hybridized carbons (Fsp3) is 0.667. The molecule has 0 spiro atoms. The fourth-order valence-electron chi connectivity index (χ4n) is 3.57. The highest BCUT2D eigenvalue weighted by Crippen LogP contribution is 2.20. The first-order valence-electron chi connectivity index (χ1n) is 10.4. The number of fused-ring (bicyclic) bond motifs is 1. The Kier molecular flexibility index (Phi) is 9.28. The maximum absolute atomic E-state index is 11.5. The van der Waals surface area contributed by atoms with Gasteiger partial charge in [-0.2, -0.15) is 0 Å². The van der Waals surface area contributed by atoms with Crippen LogP contribution in [0.3, 0.4) is 0 Å². The molecule has 27 heavy (non-hydrogen) atoms. The summed E-state index contributed by atoms with van der Waals surface area (Å²) in [5.41, 5.74) is 1.28. The first kappa shape index (κ1) is 21.9. The highest BCUT2D eigenvalue weighted by atomic mass is 32.2. The SMILES string of the molecule is CCCCCCCCCCCCCCn1c(S(=O)(=O)[O-])nc2ccccc21. The number of aromatic nitrogens is 2. The molecule has 152 valence electrons. The van der Waals surface area contributed by atoms with Crippen LogP contribution >= 0.6 is 0 Å². The third-order valence-electron chi connectivity index (χ3n) is 5.08. The monoisotopic (exact) mass is 393 g/mol. The average molecular weight is 394 g/mol. The Morgan fingerprint density at radius 3 is 1.93 bits per heavy atom. The van der Waals surface area contributed by atoms with Gasteiger partial charge < -0.3 is 9.12 Å². The Bertz CT molecular complexity index is 784. The van der Waals surface area contributed by atoms with Gasteiger partial charge >= 0.3 is 0 Å². The number of hydrogen-bond donors (Lipinski definition) is 0. The van der Waals surface area contributed by atoms with E-state index in [9.17, 15) is 13.0 Å². The molecule has 0 saturated heterocycles. The lowest BCUT2D eigenvalue weighted by molar-refractivity contribution is 0.442. The zero-order chi connectivity index (χ0) is 19.5. The van der Waals surface area contributed by atoms with Crippen molar-refractivity contribution in [2.45, 2.75) is 95.7 Å². The molecule has 1 aromatic carbocycles. The van der Waals surface area contributed by atoms with Crippen molar-refractivity contribution in [1.29, 1.82) is 0 Å². The van der Waals surface area contributed by atoms with E-state index in [1.165, 1.54) is 57.8 Å². The van der Waals surface area contributed by atoms with Gasteiger partial charge in [0.15, 0.2) is 10.1 Å². The summed E-state index contributed by atoms with van der Waals surface area (Å²) in [6.45, 7) is 2.77. The summed E-state index contributed by atoms with van der Waals surface area (Å²) < 4.78 is 36.1. The molecule has 0 atom stereocenters. The van der Waals surface area contributed by atoms with Crippen molar-refractivity contribution in [3.05, 3.63) is 24.3 Å². The Hall–Kier alpha value is -1.40. The molecule has 1 aromatic heterocycles. The van der Waals surface area contributed by atoms with Crippen LogP contribution in [0.25, 0.3) is 11.0 Å². The van der Waals surface area contributed by atoms with Gasteiger partial charge in [-0.1, -0.05) is 89.7 Å². The highest BCUT2D eigenvalue weighted by Gasteiger charge is 2.15. The number of rotatable bonds is 14. The number of benzene rings is 1. The molecule has 0 aliphatic carbocycles. The second-order valence-electron chi connectivity index (χ2n) is 7.38. The van der Waals surface area contributed by atoms with Crippen LogP contribution in [0.1, 0.15) is 84.0 Å². The first-order valence-corrected chi connectivity index (χ1v) is 11.9. The van der Waals surface area contributed by atoms with Crippen molar-refractivity contribution in [3.63, 3.8) is 0 Å². The van der Waals surface area contributed by atoms with Crippen LogP contribution in [0.5, 0.6) is 0 Å². The number of imidazole rings is 1. The lowest BCUT2D eigenvalue weighted by Gasteiger charge is -2.11. The number of unbranched alkanes of at least 4 members (excludes halogenated alkanes) is 11. The van der Waals surface area contributed by atoms with E-state index in [0.29, 0.717) is 12.1 Å². The summed E-state index contributed by atoms with van der Waals surface area (Å²) in [6, 6.07) is 7.19. The quantitative estimate of drug-likeness (QED) is 0.307. The molecule has 0 fully saturated rings. The highest BCUT2D eigenvalue weighted by molar-refractivity contribution is 7.85. The molecule has 0 amide bonds. The third-order valence-corrected chi connectivity index (χ3v) is 5.84. The summed E-state index contributed by atoms with van der Waals surface area (Å²) >= 11 is 0. The van der Waals surface area contributed by atoms with Gasteiger partial charge in [-0.15, -0.1) is 0 Å². The van der Waals surface area contributed by atoms with Crippen LogP contribution in [0.4, 0.5) is 0 Å². The summed E-state index contributed by atoms with van der Waals surface area (Å²) in [5.74, 6) is 0. The molecule has 0 N–H and O–H groups in total. The van der Waals surface area contributed by atoms with E-state index >= 15 is 0 Å². The second kappa shape index (κ2) is 11.4. The van der Waals surface area contributed by atoms with Gasteiger partial charge in [-0.3, -0.25) is 0 Å². The summed E-state index contributed by atoms with van der Waals surface area (Å²) in [6.07, 6.45) is 15.0. The predicted molar refractivity (Wildman–Crippen MR) is 109 cm³/mol. The van der Waals surface area contributed by atoms with E-state index in [2.05, 4.69) is 11.9 Å². The molecule has 0 unspecified atom stereocenters. The van der Waals surface area contributed by atoms with Gasteiger partial charge in [0.1, 0.15) is 0 Å². The normalized spacial score (nSPS) is 12.1. The van der Waals surface area contributed by atoms with E-state index in [-0.39, 0.29) is 5.16 Å². The smallest absolute Gasteiger partial charge is 0.215 e. The maximum atomic E-state index is 11.5. The van der Waals surface area contributed by atoms with Crippen LogP contribution in [0, 0.1) is 0 Å². The maximum Gasteiger partial charge on any atom is 0.215 e.